The third kappa shape index (κ3) is 4.31. The first kappa shape index (κ1) is 31.6. The van der Waals surface area contributed by atoms with E-state index in [9.17, 15) is 0 Å². The molecule has 0 atom stereocenters. The summed E-state index contributed by atoms with van der Waals surface area (Å²) in [6.45, 7) is 4.78. The average Bonchev–Trinajstić information content (AvgIpc) is 3.74. The summed E-state index contributed by atoms with van der Waals surface area (Å²) in [5.41, 5.74) is 15.3. The molecule has 9 aromatic carbocycles. The standard InChI is InChI=1S/C55H38O/c1-55(2)48-31-26-35(32-47(48)45-27-24-34-25-28-46-39-18-12-13-23-49(39)56-54(46)51(34)53(45)55)36-29-30-44(38-17-7-6-16-37(36)38)52-42-21-10-8-19-40(42)50(33-14-4-3-5-15-33)41-20-9-11-22-43(41)52/h3-28,31-32H,29-30H2,1-2H3. The number of hydrogen-bond donors (Lipinski definition) is 0. The molecule has 0 unspecified atom stereocenters. The van der Waals surface area contributed by atoms with Crippen LogP contribution < -0.4 is 10.4 Å². The average molecular weight is 715 g/mol. The predicted molar refractivity (Wildman–Crippen MR) is 236 cm³/mol. The van der Waals surface area contributed by atoms with Crippen LogP contribution in [0, 0.1) is 0 Å². The van der Waals surface area contributed by atoms with Gasteiger partial charge in [-0.25, -0.2) is 0 Å². The van der Waals surface area contributed by atoms with Crippen LogP contribution in [0.25, 0.3) is 87.7 Å². The highest BCUT2D eigenvalue weighted by Gasteiger charge is 2.38. The molecule has 0 aliphatic heterocycles. The topological polar surface area (TPSA) is 13.1 Å². The van der Waals surface area contributed by atoms with Gasteiger partial charge in [0.15, 0.2) is 0 Å². The lowest BCUT2D eigenvalue weighted by Gasteiger charge is -2.24. The fourth-order valence-electron chi connectivity index (χ4n) is 10.6. The van der Waals surface area contributed by atoms with Crippen LogP contribution in [0.3, 0.4) is 0 Å². The van der Waals surface area contributed by atoms with Crippen molar-refractivity contribution in [3.8, 4) is 22.3 Å². The van der Waals surface area contributed by atoms with Gasteiger partial charge in [0.2, 0.25) is 0 Å². The lowest BCUT2D eigenvalue weighted by Crippen LogP contribution is -2.32. The molecule has 0 amide bonds. The molecule has 0 saturated heterocycles. The summed E-state index contributed by atoms with van der Waals surface area (Å²) < 4.78 is 6.66. The number of furan rings is 1. The van der Waals surface area contributed by atoms with Gasteiger partial charge in [0.05, 0.1) is 0 Å². The zero-order valence-electron chi connectivity index (χ0n) is 31.5. The molecule has 0 bridgehead atoms. The molecule has 0 radical (unpaired) electrons. The first-order chi connectivity index (χ1) is 27.6. The van der Waals surface area contributed by atoms with Crippen molar-refractivity contribution < 1.29 is 4.42 Å². The van der Waals surface area contributed by atoms with E-state index in [1.165, 1.54) is 109 Å². The maximum Gasteiger partial charge on any atom is 0.143 e. The van der Waals surface area contributed by atoms with Crippen LogP contribution in [0.1, 0.15) is 48.9 Å². The quantitative estimate of drug-likeness (QED) is 0.166. The SMILES string of the molecule is CC1(C)c2ccc(C3=c4ccccc4=C(c4c5ccccc5c(-c5ccccc5)c5ccccc45)CC3)cc2-c2ccc3ccc4c5ccccc5oc4c3c21. The third-order valence-electron chi connectivity index (χ3n) is 13.0. The van der Waals surface area contributed by atoms with E-state index >= 15 is 0 Å². The summed E-state index contributed by atoms with van der Waals surface area (Å²) in [7, 11) is 0. The summed E-state index contributed by atoms with van der Waals surface area (Å²) in [6.07, 6.45) is 1.95. The minimum atomic E-state index is -0.180. The Balaban J connectivity index is 1.10. The van der Waals surface area contributed by atoms with Gasteiger partial charge < -0.3 is 4.42 Å². The number of rotatable bonds is 3. The molecule has 56 heavy (non-hydrogen) atoms. The highest BCUT2D eigenvalue weighted by atomic mass is 16.3. The summed E-state index contributed by atoms with van der Waals surface area (Å²) in [5.74, 6) is 0. The van der Waals surface area contributed by atoms with Gasteiger partial charge in [0.25, 0.3) is 0 Å². The molecule has 1 nitrogen and oxygen atoms in total. The zero-order valence-corrected chi connectivity index (χ0v) is 31.5. The largest absolute Gasteiger partial charge is 0.455 e. The zero-order chi connectivity index (χ0) is 37.1. The Hall–Kier alpha value is -6.70. The Kier molecular flexibility index (Phi) is 6.58. The monoisotopic (exact) mass is 714 g/mol. The van der Waals surface area contributed by atoms with Crippen molar-refractivity contribution in [1.82, 2.24) is 0 Å². The molecule has 1 heterocycles. The molecule has 2 aliphatic carbocycles. The Morgan fingerprint density at radius 1 is 0.446 bits per heavy atom. The van der Waals surface area contributed by atoms with Crippen LogP contribution >= 0.6 is 0 Å². The van der Waals surface area contributed by atoms with Gasteiger partial charge in [-0.2, -0.15) is 0 Å². The smallest absolute Gasteiger partial charge is 0.143 e. The Morgan fingerprint density at radius 3 is 1.77 bits per heavy atom. The van der Waals surface area contributed by atoms with Crippen LogP contribution in [-0.4, -0.2) is 0 Å². The van der Waals surface area contributed by atoms with Crippen molar-refractivity contribution in [2.75, 3.05) is 0 Å². The summed E-state index contributed by atoms with van der Waals surface area (Å²) >= 11 is 0. The van der Waals surface area contributed by atoms with Crippen LogP contribution in [0.2, 0.25) is 0 Å². The molecule has 2 aliphatic rings. The summed E-state index contributed by atoms with van der Waals surface area (Å²) in [4.78, 5) is 0. The fourth-order valence-corrected chi connectivity index (χ4v) is 10.6. The Labute approximate surface area is 325 Å². The van der Waals surface area contributed by atoms with E-state index in [0.29, 0.717) is 0 Å². The van der Waals surface area contributed by atoms with Crippen molar-refractivity contribution >= 4 is 65.4 Å². The molecular formula is C55H38O. The van der Waals surface area contributed by atoms with Crippen LogP contribution in [-0.2, 0) is 5.41 Å². The third-order valence-corrected chi connectivity index (χ3v) is 13.0. The van der Waals surface area contributed by atoms with Crippen molar-refractivity contribution in [2.24, 2.45) is 0 Å². The van der Waals surface area contributed by atoms with E-state index in [1.54, 1.807) is 0 Å². The van der Waals surface area contributed by atoms with Gasteiger partial charge in [0.1, 0.15) is 11.2 Å². The van der Waals surface area contributed by atoms with Crippen LogP contribution in [0.5, 0.6) is 0 Å². The number of fused-ring (bicyclic) bond motifs is 12. The number of hydrogen-bond acceptors (Lipinski definition) is 1. The molecule has 1 aromatic heterocycles. The Morgan fingerprint density at radius 2 is 1.04 bits per heavy atom. The molecule has 10 aromatic rings. The van der Waals surface area contributed by atoms with Gasteiger partial charge in [-0.15, -0.1) is 0 Å². The molecule has 0 N–H and O–H groups in total. The maximum atomic E-state index is 6.66. The fraction of sp³-hybridized carbons (Fsp3) is 0.0909. The van der Waals surface area contributed by atoms with Gasteiger partial charge in [-0.05, 0) is 124 Å². The Bertz CT molecular complexity index is 3370. The number of benzene rings is 9. The normalized spacial score (nSPS) is 14.5. The molecule has 264 valence electrons. The van der Waals surface area contributed by atoms with Crippen molar-refractivity contribution in [2.45, 2.75) is 32.1 Å². The first-order valence-electron chi connectivity index (χ1n) is 19.9. The van der Waals surface area contributed by atoms with Crippen molar-refractivity contribution in [1.29, 1.82) is 0 Å². The molecule has 0 fully saturated rings. The molecule has 12 rings (SSSR count). The minimum Gasteiger partial charge on any atom is -0.455 e. The van der Waals surface area contributed by atoms with E-state index in [2.05, 4.69) is 184 Å². The summed E-state index contributed by atoms with van der Waals surface area (Å²) in [5, 5.41) is 12.8. The van der Waals surface area contributed by atoms with E-state index in [0.717, 1.165) is 24.0 Å². The van der Waals surface area contributed by atoms with E-state index in [-0.39, 0.29) is 5.41 Å². The minimum absolute atomic E-state index is 0.180. The highest BCUT2D eigenvalue weighted by Crippen LogP contribution is 2.54. The number of para-hydroxylation sites is 1. The van der Waals surface area contributed by atoms with E-state index in [4.69, 9.17) is 4.42 Å². The maximum absolute atomic E-state index is 6.66. The molecule has 1 heteroatoms. The van der Waals surface area contributed by atoms with Crippen LogP contribution in [0.4, 0.5) is 0 Å². The van der Waals surface area contributed by atoms with Crippen LogP contribution in [0.15, 0.2) is 174 Å². The van der Waals surface area contributed by atoms with E-state index < -0.39 is 0 Å². The van der Waals surface area contributed by atoms with Crippen molar-refractivity contribution in [3.63, 3.8) is 0 Å². The van der Waals surface area contributed by atoms with Gasteiger partial charge in [-0.3, -0.25) is 0 Å². The van der Waals surface area contributed by atoms with Gasteiger partial charge >= 0.3 is 0 Å². The molecule has 0 spiro atoms. The van der Waals surface area contributed by atoms with E-state index in [1.807, 2.05) is 0 Å². The lowest BCUT2D eigenvalue weighted by molar-refractivity contribution is 0.656. The lowest BCUT2D eigenvalue weighted by atomic mass is 9.79. The summed E-state index contributed by atoms with van der Waals surface area (Å²) in [6, 6.07) is 63.0. The van der Waals surface area contributed by atoms with Crippen molar-refractivity contribution in [3.05, 3.63) is 203 Å². The second-order valence-electron chi connectivity index (χ2n) is 16.2. The molecule has 0 saturated carbocycles. The molecular weight excluding hydrogens is 677 g/mol. The predicted octanol–water partition coefficient (Wildman–Crippen LogP) is 13.2. The van der Waals surface area contributed by atoms with Gasteiger partial charge in [-0.1, -0.05) is 166 Å². The van der Waals surface area contributed by atoms with Gasteiger partial charge in [0, 0.05) is 21.6 Å². The second kappa shape index (κ2) is 11.7. The first-order valence-corrected chi connectivity index (χ1v) is 19.9. The second-order valence-corrected chi connectivity index (χ2v) is 16.2. The highest BCUT2D eigenvalue weighted by molar-refractivity contribution is 6.20.